The van der Waals surface area contributed by atoms with Crippen LogP contribution < -0.4 is 9.64 Å². The molecule has 3 aromatic rings. The van der Waals surface area contributed by atoms with Gasteiger partial charge >= 0.3 is 0 Å². The van der Waals surface area contributed by atoms with Gasteiger partial charge in [-0.2, -0.15) is 0 Å². The van der Waals surface area contributed by atoms with Crippen LogP contribution in [0.2, 0.25) is 0 Å². The van der Waals surface area contributed by atoms with E-state index in [4.69, 9.17) is 16.3 Å². The van der Waals surface area contributed by atoms with Gasteiger partial charge < -0.3 is 9.64 Å². The third-order valence-corrected chi connectivity index (χ3v) is 4.99. The van der Waals surface area contributed by atoms with Gasteiger partial charge in [0, 0.05) is 11.6 Å². The Morgan fingerprint density at radius 3 is 1.92 bits per heavy atom. The summed E-state index contributed by atoms with van der Waals surface area (Å²) in [4.78, 5) is 2.28. The third kappa shape index (κ3) is 3.17. The zero-order chi connectivity index (χ0) is 18.1. The number of ether oxygens (including phenoxy) is 1. The highest BCUT2D eigenvalue weighted by molar-refractivity contribution is 6.17. The van der Waals surface area contributed by atoms with Crippen molar-refractivity contribution in [1.82, 2.24) is 0 Å². The summed E-state index contributed by atoms with van der Waals surface area (Å²) < 4.78 is 6.21. The second-order valence-corrected chi connectivity index (χ2v) is 7.22. The molecule has 0 spiro atoms. The Hall–Kier alpha value is -2.45. The molecule has 0 aliphatic carbocycles. The number of hydrogen-bond acceptors (Lipinski definition) is 2. The lowest BCUT2D eigenvalue weighted by atomic mass is 10.1. The first-order valence-electron chi connectivity index (χ1n) is 9.00. The number of fused-ring (bicyclic) bond motifs is 2. The number of hydrogen-bond donors (Lipinski definition) is 0. The van der Waals surface area contributed by atoms with E-state index in [0.29, 0.717) is 5.88 Å². The molecule has 0 saturated carbocycles. The molecule has 1 aliphatic heterocycles. The van der Waals surface area contributed by atoms with Gasteiger partial charge in [0.05, 0.1) is 11.4 Å². The summed E-state index contributed by atoms with van der Waals surface area (Å²) in [6, 6.07) is 21.5. The smallest absolute Gasteiger partial charge is 0.151 e. The number of benzene rings is 3. The highest BCUT2D eigenvalue weighted by Crippen LogP contribution is 2.50. The fraction of sp³-hybridized carbons (Fsp3) is 0.217. The average molecular weight is 364 g/mol. The van der Waals surface area contributed by atoms with E-state index in [0.717, 1.165) is 41.4 Å². The Bertz CT molecular complexity index is 882. The summed E-state index contributed by atoms with van der Waals surface area (Å²) in [5.74, 6) is 2.49. The number of nitrogens with zero attached hydrogens (tertiary/aromatic N) is 1. The summed E-state index contributed by atoms with van der Waals surface area (Å²) in [5.41, 5.74) is 6.97. The van der Waals surface area contributed by atoms with Gasteiger partial charge in [-0.15, -0.1) is 11.6 Å². The minimum atomic E-state index is 0.699. The molecule has 0 saturated heterocycles. The van der Waals surface area contributed by atoms with Gasteiger partial charge in [0.25, 0.3) is 0 Å². The Kier molecular flexibility index (Phi) is 4.60. The molecule has 0 bridgehead atoms. The summed E-state index contributed by atoms with van der Waals surface area (Å²) >= 11 is 5.82. The van der Waals surface area contributed by atoms with Crippen LogP contribution in [0.4, 0.5) is 17.1 Å². The van der Waals surface area contributed by atoms with Crippen LogP contribution in [0.3, 0.4) is 0 Å². The van der Waals surface area contributed by atoms with Crippen LogP contribution in [-0.2, 0) is 6.42 Å². The fourth-order valence-corrected chi connectivity index (χ4v) is 3.52. The van der Waals surface area contributed by atoms with Gasteiger partial charge in [0.1, 0.15) is 0 Å². The van der Waals surface area contributed by atoms with Crippen molar-refractivity contribution in [3.8, 4) is 11.5 Å². The number of aryl methyl sites for hydroxylation is 3. The Labute approximate surface area is 160 Å². The minimum Gasteiger partial charge on any atom is -0.453 e. The predicted molar refractivity (Wildman–Crippen MR) is 110 cm³/mol. The van der Waals surface area contributed by atoms with Gasteiger partial charge in [0.15, 0.2) is 11.5 Å². The summed E-state index contributed by atoms with van der Waals surface area (Å²) in [7, 11) is 0. The van der Waals surface area contributed by atoms with Crippen LogP contribution in [0.1, 0.15) is 23.1 Å². The second kappa shape index (κ2) is 7.05. The largest absolute Gasteiger partial charge is 0.453 e. The molecule has 0 atom stereocenters. The lowest BCUT2D eigenvalue weighted by molar-refractivity contribution is 0.476. The van der Waals surface area contributed by atoms with Crippen molar-refractivity contribution < 1.29 is 4.74 Å². The van der Waals surface area contributed by atoms with E-state index in [1.807, 2.05) is 0 Å². The monoisotopic (exact) mass is 363 g/mol. The van der Waals surface area contributed by atoms with Crippen molar-refractivity contribution in [3.63, 3.8) is 0 Å². The minimum absolute atomic E-state index is 0.699. The van der Waals surface area contributed by atoms with Crippen molar-refractivity contribution in [3.05, 3.63) is 77.4 Å². The fourth-order valence-electron chi connectivity index (χ4n) is 3.38. The first kappa shape index (κ1) is 17.0. The second-order valence-electron chi connectivity index (χ2n) is 6.84. The third-order valence-electron chi connectivity index (χ3n) is 4.73. The maximum absolute atomic E-state index is 6.21. The molecular formula is C23H22ClNO. The maximum atomic E-state index is 6.21. The summed E-state index contributed by atoms with van der Waals surface area (Å²) in [6.45, 7) is 4.18. The van der Waals surface area contributed by atoms with Gasteiger partial charge in [0.2, 0.25) is 0 Å². The van der Waals surface area contributed by atoms with Crippen LogP contribution in [0.15, 0.2) is 60.7 Å². The van der Waals surface area contributed by atoms with Gasteiger partial charge in [-0.05, 0) is 79.8 Å². The Balaban J connectivity index is 1.80. The van der Waals surface area contributed by atoms with Crippen molar-refractivity contribution in [2.75, 3.05) is 10.8 Å². The van der Waals surface area contributed by atoms with Gasteiger partial charge in [-0.25, -0.2) is 0 Å². The van der Waals surface area contributed by atoms with Gasteiger partial charge in [-0.3, -0.25) is 0 Å². The van der Waals surface area contributed by atoms with E-state index in [1.165, 1.54) is 16.7 Å². The first-order valence-corrected chi connectivity index (χ1v) is 9.53. The number of anilines is 3. The molecule has 0 radical (unpaired) electrons. The average Bonchev–Trinajstić information content (AvgIpc) is 2.64. The molecule has 4 rings (SSSR count). The summed E-state index contributed by atoms with van der Waals surface area (Å²) in [5, 5.41) is 0. The lowest BCUT2D eigenvalue weighted by Gasteiger charge is -2.33. The van der Waals surface area contributed by atoms with E-state index < -0.39 is 0 Å². The quantitative estimate of drug-likeness (QED) is 0.360. The zero-order valence-corrected chi connectivity index (χ0v) is 15.9. The number of halogens is 1. The van der Waals surface area contributed by atoms with Crippen LogP contribution in [0.25, 0.3) is 0 Å². The van der Waals surface area contributed by atoms with Crippen molar-refractivity contribution >= 4 is 28.7 Å². The van der Waals surface area contributed by atoms with Crippen LogP contribution in [0.5, 0.6) is 11.5 Å². The highest BCUT2D eigenvalue weighted by atomic mass is 35.5. The van der Waals surface area contributed by atoms with E-state index in [9.17, 15) is 0 Å². The molecular weight excluding hydrogens is 342 g/mol. The predicted octanol–water partition coefficient (Wildman–Crippen LogP) is 7.05. The van der Waals surface area contributed by atoms with E-state index in [-0.39, 0.29) is 0 Å². The molecule has 0 N–H and O–H groups in total. The molecule has 0 unspecified atom stereocenters. The molecule has 0 amide bonds. The topological polar surface area (TPSA) is 12.5 Å². The van der Waals surface area contributed by atoms with Crippen molar-refractivity contribution in [1.29, 1.82) is 0 Å². The van der Waals surface area contributed by atoms with Crippen LogP contribution >= 0.6 is 11.6 Å². The molecule has 3 aromatic carbocycles. The molecule has 132 valence electrons. The Morgan fingerprint density at radius 1 is 0.808 bits per heavy atom. The van der Waals surface area contributed by atoms with Gasteiger partial charge in [-0.1, -0.05) is 24.3 Å². The highest BCUT2D eigenvalue weighted by Gasteiger charge is 2.25. The summed E-state index contributed by atoms with van der Waals surface area (Å²) in [6.07, 6.45) is 2.02. The van der Waals surface area contributed by atoms with E-state index >= 15 is 0 Å². The molecule has 2 nitrogen and oxygen atoms in total. The maximum Gasteiger partial charge on any atom is 0.151 e. The lowest BCUT2D eigenvalue weighted by Crippen LogP contribution is -2.16. The first-order chi connectivity index (χ1) is 12.7. The van der Waals surface area contributed by atoms with E-state index in [1.54, 1.807) is 0 Å². The molecule has 3 heteroatoms. The van der Waals surface area contributed by atoms with E-state index in [2.05, 4.69) is 79.4 Å². The number of rotatable bonds is 4. The standard InChI is InChI=1S/C23H22ClNO/c1-16-5-11-20-22(14-16)26-23-15-17(2)6-12-21(23)25(20)19-9-7-18(8-10-19)4-3-13-24/h5-12,14-15H,3-4,13H2,1-2H3. The molecule has 0 aromatic heterocycles. The molecule has 1 aliphatic rings. The van der Waals surface area contributed by atoms with Crippen LogP contribution in [0, 0.1) is 13.8 Å². The zero-order valence-electron chi connectivity index (χ0n) is 15.1. The Morgan fingerprint density at radius 2 is 1.38 bits per heavy atom. The van der Waals surface area contributed by atoms with Crippen molar-refractivity contribution in [2.24, 2.45) is 0 Å². The van der Waals surface area contributed by atoms with Crippen LogP contribution in [-0.4, -0.2) is 5.88 Å². The number of alkyl halides is 1. The molecule has 26 heavy (non-hydrogen) atoms. The SMILES string of the molecule is Cc1ccc2c(c1)Oc1cc(C)ccc1N2c1ccc(CCCCl)cc1. The normalized spacial score (nSPS) is 12.3. The molecule has 1 heterocycles. The van der Waals surface area contributed by atoms with Crippen molar-refractivity contribution in [2.45, 2.75) is 26.7 Å². The molecule has 0 fully saturated rings.